The summed E-state index contributed by atoms with van der Waals surface area (Å²) in [5.74, 6) is 0.318. The number of aliphatic imine (C=N–C) groups is 1. The Morgan fingerprint density at radius 1 is 1.10 bits per heavy atom. The Hall–Kier alpha value is -2.65. The van der Waals surface area contributed by atoms with Crippen molar-refractivity contribution < 1.29 is 9.21 Å². The van der Waals surface area contributed by atoms with Crippen LogP contribution in [0.25, 0.3) is 17.1 Å². The number of imidazole rings is 1. The van der Waals surface area contributed by atoms with Crippen molar-refractivity contribution in [1.29, 1.82) is 0 Å². The van der Waals surface area contributed by atoms with Crippen LogP contribution in [0.2, 0.25) is 10.0 Å². The lowest BCUT2D eigenvalue weighted by Crippen LogP contribution is -2.19. The van der Waals surface area contributed by atoms with Crippen LogP contribution in [-0.4, -0.2) is 21.0 Å². The zero-order chi connectivity index (χ0) is 21.4. The molecule has 3 heterocycles. The van der Waals surface area contributed by atoms with Gasteiger partial charge in [-0.25, -0.2) is 9.98 Å². The number of nitrogens with zero attached hydrogens (tertiary/aromatic N) is 2. The van der Waals surface area contributed by atoms with Gasteiger partial charge in [0.2, 0.25) is 0 Å². The first kappa shape index (κ1) is 20.3. The Kier molecular flexibility index (Phi) is 5.54. The van der Waals surface area contributed by atoms with Crippen LogP contribution < -0.4 is 5.32 Å². The molecule has 4 aromatic rings. The molecule has 2 aromatic carbocycles. The fraction of sp³-hybridized carbons (Fsp3) is 0. The fourth-order valence-corrected chi connectivity index (χ4v) is 4.71. The van der Waals surface area contributed by atoms with Crippen molar-refractivity contribution >= 4 is 80.6 Å². The van der Waals surface area contributed by atoms with Crippen LogP contribution in [0.3, 0.4) is 0 Å². The molecule has 1 fully saturated rings. The smallest absolute Gasteiger partial charge is 0.264 e. The van der Waals surface area contributed by atoms with Crippen molar-refractivity contribution in [2.24, 2.45) is 4.99 Å². The average molecular weight is 487 g/mol. The molecule has 31 heavy (non-hydrogen) atoms. The van der Waals surface area contributed by atoms with Gasteiger partial charge >= 0.3 is 0 Å². The van der Waals surface area contributed by atoms with Crippen molar-refractivity contribution in [1.82, 2.24) is 15.3 Å². The van der Waals surface area contributed by atoms with E-state index in [1.165, 1.54) is 23.5 Å². The first-order chi connectivity index (χ1) is 15.0. The molecule has 5 rings (SSSR count). The minimum Gasteiger partial charge on any atom is -0.450 e. The van der Waals surface area contributed by atoms with Crippen LogP contribution in [-0.2, 0) is 4.79 Å². The molecule has 0 radical (unpaired) electrons. The van der Waals surface area contributed by atoms with Gasteiger partial charge in [-0.3, -0.25) is 4.79 Å². The molecule has 0 spiro atoms. The number of aromatic nitrogens is 2. The lowest BCUT2D eigenvalue weighted by Gasteiger charge is -1.98. The van der Waals surface area contributed by atoms with Crippen LogP contribution in [0, 0.1) is 0 Å². The highest BCUT2D eigenvalue weighted by Crippen LogP contribution is 2.33. The third-order valence-electron chi connectivity index (χ3n) is 4.23. The second-order valence-electron chi connectivity index (χ2n) is 6.40. The summed E-state index contributed by atoms with van der Waals surface area (Å²) in [6, 6.07) is 16.5. The molecule has 0 aliphatic carbocycles. The Labute approximate surface area is 195 Å². The second kappa shape index (κ2) is 8.47. The van der Waals surface area contributed by atoms with Crippen molar-refractivity contribution in [2.45, 2.75) is 10.2 Å². The van der Waals surface area contributed by atoms with E-state index in [0.717, 1.165) is 16.2 Å². The quantitative estimate of drug-likeness (QED) is 0.321. The van der Waals surface area contributed by atoms with E-state index in [0.29, 0.717) is 36.7 Å². The number of thioether (sulfide) groups is 1. The van der Waals surface area contributed by atoms with E-state index in [4.69, 9.17) is 27.6 Å². The molecular weight excluding hydrogens is 475 g/mol. The maximum absolute atomic E-state index is 12.3. The van der Waals surface area contributed by atoms with Gasteiger partial charge in [0.15, 0.2) is 15.4 Å². The van der Waals surface area contributed by atoms with Crippen molar-refractivity contribution in [3.63, 3.8) is 0 Å². The number of amidine groups is 1. The number of carbonyl (C=O) groups is 1. The van der Waals surface area contributed by atoms with Gasteiger partial charge in [-0.2, -0.15) is 0 Å². The zero-order valence-corrected chi connectivity index (χ0v) is 18.7. The lowest BCUT2D eigenvalue weighted by molar-refractivity contribution is -0.115. The molecule has 0 saturated carbocycles. The van der Waals surface area contributed by atoms with E-state index < -0.39 is 0 Å². The molecule has 10 heteroatoms. The van der Waals surface area contributed by atoms with Crippen molar-refractivity contribution in [3.05, 3.63) is 75.3 Å². The molecular formula is C21H12Cl2N4O2S2. The number of rotatable bonds is 4. The molecule has 1 aliphatic heterocycles. The molecule has 0 atom stereocenters. The summed E-state index contributed by atoms with van der Waals surface area (Å²) in [7, 11) is 0. The summed E-state index contributed by atoms with van der Waals surface area (Å²) in [6.45, 7) is 0. The molecule has 1 amide bonds. The van der Waals surface area contributed by atoms with Crippen molar-refractivity contribution in [2.75, 3.05) is 0 Å². The highest BCUT2D eigenvalue weighted by molar-refractivity contribution is 8.18. The topological polar surface area (TPSA) is 83.3 Å². The zero-order valence-electron chi connectivity index (χ0n) is 15.6. The molecule has 6 nitrogen and oxygen atoms in total. The summed E-state index contributed by atoms with van der Waals surface area (Å²) in [4.78, 5) is 25.0. The number of halogens is 2. The van der Waals surface area contributed by atoms with Crippen LogP contribution in [0.4, 0.5) is 5.69 Å². The maximum atomic E-state index is 12.3. The number of benzene rings is 2. The SMILES string of the molecule is O=C1NC(=Nc2ccc(Cl)c(Cl)c2)S/C1=C\c1ccc(Sc2nc3ccccc3[nH]2)o1. The molecule has 1 saturated heterocycles. The highest BCUT2D eigenvalue weighted by atomic mass is 35.5. The Balaban J connectivity index is 1.31. The maximum Gasteiger partial charge on any atom is 0.264 e. The Morgan fingerprint density at radius 2 is 1.97 bits per heavy atom. The molecule has 2 N–H and O–H groups in total. The lowest BCUT2D eigenvalue weighted by atomic mass is 10.3. The number of hydrogen-bond acceptors (Lipinski definition) is 6. The summed E-state index contributed by atoms with van der Waals surface area (Å²) in [5.41, 5.74) is 2.46. The Morgan fingerprint density at radius 3 is 2.81 bits per heavy atom. The third kappa shape index (κ3) is 4.52. The molecule has 2 aromatic heterocycles. The number of hydrogen-bond donors (Lipinski definition) is 2. The van der Waals surface area contributed by atoms with Gasteiger partial charge in [0.05, 0.1) is 31.7 Å². The van der Waals surface area contributed by atoms with Gasteiger partial charge in [0, 0.05) is 6.08 Å². The summed E-state index contributed by atoms with van der Waals surface area (Å²) in [6.07, 6.45) is 1.68. The number of aromatic amines is 1. The number of para-hydroxylation sites is 2. The normalized spacial score (nSPS) is 16.5. The average Bonchev–Trinajstić information content (AvgIpc) is 3.44. The predicted molar refractivity (Wildman–Crippen MR) is 126 cm³/mol. The summed E-state index contributed by atoms with van der Waals surface area (Å²) in [5, 5.41) is 5.44. The number of amides is 1. The molecule has 154 valence electrons. The minimum atomic E-state index is -0.244. The fourth-order valence-electron chi connectivity index (χ4n) is 2.82. The highest BCUT2D eigenvalue weighted by Gasteiger charge is 2.24. The summed E-state index contributed by atoms with van der Waals surface area (Å²) >= 11 is 14.5. The summed E-state index contributed by atoms with van der Waals surface area (Å²) < 4.78 is 5.84. The third-order valence-corrected chi connectivity index (χ3v) is 6.68. The number of furan rings is 1. The largest absolute Gasteiger partial charge is 0.450 e. The van der Waals surface area contributed by atoms with Crippen LogP contribution >= 0.6 is 46.7 Å². The number of fused-ring (bicyclic) bond motifs is 1. The van der Waals surface area contributed by atoms with Gasteiger partial charge in [-0.15, -0.1) is 0 Å². The predicted octanol–water partition coefficient (Wildman–Crippen LogP) is 6.51. The molecule has 0 unspecified atom stereocenters. The van der Waals surface area contributed by atoms with Gasteiger partial charge < -0.3 is 14.7 Å². The van der Waals surface area contributed by atoms with Crippen molar-refractivity contribution in [3.8, 4) is 0 Å². The standard InChI is InChI=1S/C21H12Cl2N4O2S2/c22-13-7-5-11(9-14(13)23)24-20-27-19(28)17(30-20)10-12-6-8-18(29-12)31-21-25-15-3-1-2-4-16(15)26-21/h1-10H,(H,25,26)(H,24,27,28)/b17-10-. The minimum absolute atomic E-state index is 0.244. The second-order valence-corrected chi connectivity index (χ2v) is 9.24. The van der Waals surface area contributed by atoms with Crippen LogP contribution in [0.5, 0.6) is 0 Å². The van der Waals surface area contributed by atoms with Crippen LogP contribution in [0.15, 0.2) is 79.2 Å². The van der Waals surface area contributed by atoms with Gasteiger partial charge in [-0.05, 0) is 66.0 Å². The van der Waals surface area contributed by atoms with E-state index in [1.807, 2.05) is 30.3 Å². The van der Waals surface area contributed by atoms with E-state index in [2.05, 4.69) is 20.3 Å². The number of nitrogens with one attached hydrogen (secondary N) is 2. The Bertz CT molecular complexity index is 1340. The number of H-pyrrole nitrogens is 1. The van der Waals surface area contributed by atoms with Gasteiger partial charge in [-0.1, -0.05) is 35.3 Å². The molecule has 1 aliphatic rings. The number of carbonyl (C=O) groups excluding carboxylic acids is 1. The first-order valence-corrected chi connectivity index (χ1v) is 11.4. The van der Waals surface area contributed by atoms with E-state index in [9.17, 15) is 4.79 Å². The van der Waals surface area contributed by atoms with E-state index in [-0.39, 0.29) is 5.91 Å². The van der Waals surface area contributed by atoms with E-state index in [1.54, 1.807) is 30.3 Å². The van der Waals surface area contributed by atoms with E-state index >= 15 is 0 Å². The van der Waals surface area contributed by atoms with Crippen LogP contribution in [0.1, 0.15) is 5.76 Å². The first-order valence-electron chi connectivity index (χ1n) is 9.00. The van der Waals surface area contributed by atoms with Gasteiger partial charge in [0.1, 0.15) is 5.76 Å². The molecule has 0 bridgehead atoms. The monoisotopic (exact) mass is 486 g/mol. The van der Waals surface area contributed by atoms with Gasteiger partial charge in [0.25, 0.3) is 5.91 Å².